The summed E-state index contributed by atoms with van der Waals surface area (Å²) in [7, 11) is -3.82. The van der Waals surface area contributed by atoms with Gasteiger partial charge in [-0.25, -0.2) is 8.42 Å². The number of benzene rings is 1. The Morgan fingerprint density at radius 3 is 2.43 bits per heavy atom. The number of nitrogens with two attached hydrogens (primary N) is 1. The van der Waals surface area contributed by atoms with E-state index in [1.807, 2.05) is 6.07 Å². The zero-order chi connectivity index (χ0) is 20.5. The van der Waals surface area contributed by atoms with Gasteiger partial charge in [-0.1, -0.05) is 18.2 Å². The lowest BCUT2D eigenvalue weighted by Crippen LogP contribution is -2.40. The van der Waals surface area contributed by atoms with Crippen molar-refractivity contribution in [2.45, 2.75) is 18.1 Å². The molecule has 1 aromatic carbocycles. The molecule has 0 aliphatic carbocycles. The highest BCUT2D eigenvalue weighted by atomic mass is 32.2. The topological polar surface area (TPSA) is 119 Å². The Bertz CT molecular complexity index is 1020. The Hall–Kier alpha value is -2.27. The summed E-state index contributed by atoms with van der Waals surface area (Å²) in [5, 5.41) is 2.79. The predicted octanol–water partition coefficient (Wildman–Crippen LogP) is 1.74. The van der Waals surface area contributed by atoms with Crippen LogP contribution in [-0.2, 0) is 14.8 Å². The van der Waals surface area contributed by atoms with Gasteiger partial charge in [0.05, 0.1) is 18.8 Å². The van der Waals surface area contributed by atoms with E-state index >= 15 is 0 Å². The van der Waals surface area contributed by atoms with Crippen LogP contribution >= 0.6 is 11.3 Å². The third-order valence-electron chi connectivity index (χ3n) is 4.51. The summed E-state index contributed by atoms with van der Waals surface area (Å²) >= 11 is 0.841. The summed E-state index contributed by atoms with van der Waals surface area (Å²) in [5.41, 5.74) is 6.93. The second-order valence-corrected chi connectivity index (χ2v) is 9.52. The van der Waals surface area contributed by atoms with Crippen molar-refractivity contribution in [3.8, 4) is 0 Å². The smallest absolute Gasteiger partial charge is 0.256 e. The molecule has 2 aromatic rings. The second-order valence-electron chi connectivity index (χ2n) is 6.37. The normalized spacial score (nSPS) is 15.4. The van der Waals surface area contributed by atoms with Crippen molar-refractivity contribution >= 4 is 38.2 Å². The summed E-state index contributed by atoms with van der Waals surface area (Å²) in [4.78, 5) is 24.6. The summed E-state index contributed by atoms with van der Waals surface area (Å²) in [6, 6.07) is 6.98. The second kappa shape index (κ2) is 8.00. The molecule has 1 aromatic heterocycles. The first-order valence-corrected chi connectivity index (χ1v) is 10.9. The van der Waals surface area contributed by atoms with Crippen molar-refractivity contribution in [1.82, 2.24) is 4.31 Å². The van der Waals surface area contributed by atoms with Crippen LogP contribution in [0.2, 0.25) is 0 Å². The predicted molar refractivity (Wildman–Crippen MR) is 106 cm³/mol. The highest BCUT2D eigenvalue weighted by molar-refractivity contribution is 7.91. The minimum atomic E-state index is -3.82. The number of primary amides is 1. The van der Waals surface area contributed by atoms with Gasteiger partial charge >= 0.3 is 0 Å². The van der Waals surface area contributed by atoms with Gasteiger partial charge in [-0.3, -0.25) is 9.59 Å². The zero-order valence-electron chi connectivity index (χ0n) is 15.5. The molecule has 1 saturated heterocycles. The Balaban J connectivity index is 2.00. The monoisotopic (exact) mass is 423 g/mol. The number of ether oxygens (including phenoxy) is 1. The zero-order valence-corrected chi connectivity index (χ0v) is 17.2. The first kappa shape index (κ1) is 20.5. The summed E-state index contributed by atoms with van der Waals surface area (Å²) < 4.78 is 32.6. The molecule has 0 spiro atoms. The van der Waals surface area contributed by atoms with E-state index in [4.69, 9.17) is 10.5 Å². The first-order chi connectivity index (χ1) is 13.2. The summed E-state index contributed by atoms with van der Waals surface area (Å²) in [6.07, 6.45) is 0. The number of rotatable bonds is 5. The molecule has 2 heterocycles. The molecule has 0 bridgehead atoms. The average Bonchev–Trinajstić information content (AvgIpc) is 2.99. The molecule has 0 saturated carbocycles. The number of aryl methyl sites for hydroxylation is 1. The van der Waals surface area contributed by atoms with E-state index in [1.54, 1.807) is 25.1 Å². The van der Waals surface area contributed by atoms with Crippen LogP contribution in [0.1, 0.15) is 31.8 Å². The molecule has 3 N–H and O–H groups in total. The number of morpholine rings is 1. The number of sulfonamides is 1. The van der Waals surface area contributed by atoms with Crippen molar-refractivity contribution < 1.29 is 22.7 Å². The molecule has 1 fully saturated rings. The van der Waals surface area contributed by atoms with Gasteiger partial charge in [0.2, 0.25) is 0 Å². The maximum atomic E-state index is 13.0. The number of nitrogens with zero attached hydrogens (tertiary/aromatic N) is 1. The largest absolute Gasteiger partial charge is 0.379 e. The minimum absolute atomic E-state index is 0.00304. The van der Waals surface area contributed by atoms with Crippen LogP contribution in [0.3, 0.4) is 0 Å². The highest BCUT2D eigenvalue weighted by Crippen LogP contribution is 2.38. The van der Waals surface area contributed by atoms with E-state index in [2.05, 4.69) is 5.32 Å². The molecule has 8 nitrogen and oxygen atoms in total. The van der Waals surface area contributed by atoms with E-state index in [1.165, 1.54) is 11.2 Å². The standard InChI is InChI=1S/C18H21N3O5S2/c1-11-5-3-4-6-13(11)16(23)20-17-14(15(19)22)12(2)18(27-17)28(24,25)21-7-9-26-10-8-21/h3-6H,7-10H2,1-2H3,(H2,19,22)(H,20,23). The summed E-state index contributed by atoms with van der Waals surface area (Å²) in [6.45, 7) is 4.39. The molecule has 3 rings (SSSR count). The van der Waals surface area contributed by atoms with E-state index in [0.29, 0.717) is 18.8 Å². The van der Waals surface area contributed by atoms with Gasteiger partial charge in [-0.15, -0.1) is 11.3 Å². The molecule has 10 heteroatoms. The number of thiophene rings is 1. The molecule has 28 heavy (non-hydrogen) atoms. The van der Waals surface area contributed by atoms with Gasteiger partial charge in [-0.05, 0) is 31.0 Å². The van der Waals surface area contributed by atoms with Gasteiger partial charge in [0.25, 0.3) is 21.8 Å². The molecule has 0 radical (unpaired) electrons. The number of nitrogens with one attached hydrogen (secondary N) is 1. The molecule has 0 unspecified atom stereocenters. The number of hydrogen-bond donors (Lipinski definition) is 2. The SMILES string of the molecule is Cc1ccccc1C(=O)Nc1sc(S(=O)(=O)N2CCOCC2)c(C)c1C(N)=O. The van der Waals surface area contributed by atoms with Crippen molar-refractivity contribution in [3.63, 3.8) is 0 Å². The van der Waals surface area contributed by atoms with Crippen molar-refractivity contribution in [1.29, 1.82) is 0 Å². The van der Waals surface area contributed by atoms with Crippen molar-refractivity contribution in [2.24, 2.45) is 5.73 Å². The Kier molecular flexibility index (Phi) is 5.84. The first-order valence-electron chi connectivity index (χ1n) is 8.61. The van der Waals surface area contributed by atoms with Crippen molar-refractivity contribution in [2.75, 3.05) is 31.6 Å². The fourth-order valence-corrected chi connectivity index (χ4v) is 6.31. The average molecular weight is 424 g/mol. The Morgan fingerprint density at radius 1 is 1.18 bits per heavy atom. The van der Waals surface area contributed by atoms with Crippen LogP contribution in [0.5, 0.6) is 0 Å². The third-order valence-corrected chi connectivity index (χ3v) is 8.21. The van der Waals surface area contributed by atoms with Crippen LogP contribution in [0.25, 0.3) is 0 Å². The number of carbonyl (C=O) groups excluding carboxylic acids is 2. The lowest BCUT2D eigenvalue weighted by molar-refractivity contribution is 0.0731. The molecular weight excluding hydrogens is 402 g/mol. The van der Waals surface area contributed by atoms with Gasteiger partial charge in [0.15, 0.2) is 0 Å². The lowest BCUT2D eigenvalue weighted by atomic mass is 10.1. The lowest BCUT2D eigenvalue weighted by Gasteiger charge is -2.25. The Labute approximate surface area is 167 Å². The van der Waals surface area contributed by atoms with Gasteiger partial charge in [0.1, 0.15) is 9.21 Å². The maximum absolute atomic E-state index is 13.0. The fraction of sp³-hybridized carbons (Fsp3) is 0.333. The number of carbonyl (C=O) groups is 2. The number of anilines is 1. The molecule has 150 valence electrons. The van der Waals surface area contributed by atoms with Gasteiger partial charge in [-0.2, -0.15) is 4.31 Å². The molecule has 1 aliphatic heterocycles. The molecular formula is C18H21N3O5S2. The maximum Gasteiger partial charge on any atom is 0.256 e. The van der Waals surface area contributed by atoms with Gasteiger partial charge < -0.3 is 15.8 Å². The van der Waals surface area contributed by atoms with Crippen LogP contribution in [0, 0.1) is 13.8 Å². The molecule has 0 atom stereocenters. The highest BCUT2D eigenvalue weighted by Gasteiger charge is 2.33. The van der Waals surface area contributed by atoms with Crippen molar-refractivity contribution in [3.05, 3.63) is 46.5 Å². The van der Waals surface area contributed by atoms with E-state index in [9.17, 15) is 18.0 Å². The van der Waals surface area contributed by atoms with Crippen LogP contribution in [0.4, 0.5) is 5.00 Å². The van der Waals surface area contributed by atoms with E-state index < -0.39 is 21.8 Å². The molecule has 1 aliphatic rings. The number of hydrogen-bond acceptors (Lipinski definition) is 6. The third kappa shape index (κ3) is 3.81. The van der Waals surface area contributed by atoms with E-state index in [0.717, 1.165) is 16.9 Å². The fourth-order valence-electron chi connectivity index (χ4n) is 3.03. The van der Waals surface area contributed by atoms with Gasteiger partial charge in [0, 0.05) is 18.7 Å². The van der Waals surface area contributed by atoms with Crippen LogP contribution in [-0.4, -0.2) is 50.8 Å². The quantitative estimate of drug-likeness (QED) is 0.759. The van der Waals surface area contributed by atoms with Crippen LogP contribution in [0.15, 0.2) is 28.5 Å². The van der Waals surface area contributed by atoms with E-state index in [-0.39, 0.29) is 33.4 Å². The van der Waals surface area contributed by atoms with Crippen LogP contribution < -0.4 is 11.1 Å². The minimum Gasteiger partial charge on any atom is -0.379 e. The summed E-state index contributed by atoms with van der Waals surface area (Å²) in [5.74, 6) is -1.23. The molecule has 2 amide bonds. The number of amides is 2. The Morgan fingerprint density at radius 2 is 1.82 bits per heavy atom.